The number of H-pyrrole nitrogens is 1. The van der Waals surface area contributed by atoms with E-state index in [9.17, 15) is 9.59 Å². The van der Waals surface area contributed by atoms with E-state index in [0.717, 1.165) is 10.7 Å². The molecule has 0 aliphatic heterocycles. The minimum absolute atomic E-state index is 0.404. The van der Waals surface area contributed by atoms with Gasteiger partial charge in [0.15, 0.2) is 11.2 Å². The Labute approximate surface area is 124 Å². The average Bonchev–Trinajstić information content (AvgIpc) is 2.81. The van der Waals surface area contributed by atoms with Gasteiger partial charge in [-0.25, -0.2) is 9.78 Å². The molecular formula is C14H14N4O2S. The molecule has 0 saturated carbocycles. The third kappa shape index (κ3) is 2.40. The van der Waals surface area contributed by atoms with Crippen molar-refractivity contribution in [3.05, 3.63) is 57.0 Å². The lowest BCUT2D eigenvalue weighted by Gasteiger charge is -2.02. The van der Waals surface area contributed by atoms with Crippen LogP contribution in [0.5, 0.6) is 0 Å². The zero-order chi connectivity index (χ0) is 15.0. The Bertz CT molecular complexity index is 908. The highest BCUT2D eigenvalue weighted by Gasteiger charge is 2.14. The standard InChI is InChI=1S/C14H14N4O2S/c1-17-10(8-21-9-6-4-3-5-7-9)15-12-11(17)13(19)16-14(20)18(12)2/h3-7H,8H2,1-2H3,(H,16,19,20). The number of nitrogens with zero attached hydrogens (tertiary/aromatic N) is 3. The summed E-state index contributed by atoms with van der Waals surface area (Å²) in [7, 11) is 3.39. The van der Waals surface area contributed by atoms with Crippen LogP contribution in [0.15, 0.2) is 44.8 Å². The summed E-state index contributed by atoms with van der Waals surface area (Å²) < 4.78 is 3.09. The van der Waals surface area contributed by atoms with Crippen molar-refractivity contribution in [3.63, 3.8) is 0 Å². The second-order valence-electron chi connectivity index (χ2n) is 4.68. The number of hydrogen-bond donors (Lipinski definition) is 1. The van der Waals surface area contributed by atoms with Gasteiger partial charge in [0.05, 0.1) is 5.75 Å². The van der Waals surface area contributed by atoms with E-state index in [0.29, 0.717) is 16.9 Å². The molecule has 3 aromatic rings. The summed E-state index contributed by atoms with van der Waals surface area (Å²) in [6, 6.07) is 9.97. The number of imidazole rings is 1. The third-order valence-corrected chi connectivity index (χ3v) is 4.35. The van der Waals surface area contributed by atoms with E-state index in [1.54, 1.807) is 30.4 Å². The molecule has 2 heterocycles. The van der Waals surface area contributed by atoms with Crippen LogP contribution >= 0.6 is 11.8 Å². The molecule has 0 spiro atoms. The first-order chi connectivity index (χ1) is 10.1. The molecule has 0 fully saturated rings. The Morgan fingerprint density at radius 1 is 1.14 bits per heavy atom. The van der Waals surface area contributed by atoms with Crippen molar-refractivity contribution in [1.82, 2.24) is 19.1 Å². The molecule has 3 rings (SSSR count). The molecule has 1 aromatic carbocycles. The zero-order valence-electron chi connectivity index (χ0n) is 11.7. The SMILES string of the molecule is Cn1c(CSc2ccccc2)nc2c1c(=O)[nH]c(=O)n2C. The van der Waals surface area contributed by atoms with E-state index < -0.39 is 11.2 Å². The van der Waals surface area contributed by atoms with Crippen LogP contribution in [0.25, 0.3) is 11.2 Å². The maximum absolute atomic E-state index is 11.9. The fraction of sp³-hybridized carbons (Fsp3) is 0.214. The van der Waals surface area contributed by atoms with E-state index in [4.69, 9.17) is 0 Å². The molecule has 7 heteroatoms. The number of rotatable bonds is 3. The molecule has 6 nitrogen and oxygen atoms in total. The van der Waals surface area contributed by atoms with Crippen molar-refractivity contribution >= 4 is 22.9 Å². The lowest BCUT2D eigenvalue weighted by molar-refractivity contribution is 0.829. The van der Waals surface area contributed by atoms with Crippen LogP contribution in [0.4, 0.5) is 0 Å². The highest BCUT2D eigenvalue weighted by Crippen LogP contribution is 2.22. The van der Waals surface area contributed by atoms with E-state index in [2.05, 4.69) is 9.97 Å². The van der Waals surface area contributed by atoms with Gasteiger partial charge in [0.1, 0.15) is 5.82 Å². The number of aromatic nitrogens is 4. The zero-order valence-corrected chi connectivity index (χ0v) is 12.5. The molecule has 108 valence electrons. The summed E-state index contributed by atoms with van der Waals surface area (Å²) in [5.74, 6) is 1.38. The maximum atomic E-state index is 11.9. The minimum Gasteiger partial charge on any atom is -0.325 e. The average molecular weight is 302 g/mol. The summed E-state index contributed by atoms with van der Waals surface area (Å²) in [5, 5.41) is 0. The predicted molar refractivity (Wildman–Crippen MR) is 82.6 cm³/mol. The van der Waals surface area contributed by atoms with Crippen LogP contribution in [0.2, 0.25) is 0 Å². The first-order valence-electron chi connectivity index (χ1n) is 6.40. The van der Waals surface area contributed by atoms with Gasteiger partial charge < -0.3 is 4.57 Å². The molecule has 0 radical (unpaired) electrons. The fourth-order valence-electron chi connectivity index (χ4n) is 2.15. The number of benzene rings is 1. The molecule has 0 unspecified atom stereocenters. The molecule has 0 saturated heterocycles. The van der Waals surface area contributed by atoms with E-state index in [-0.39, 0.29) is 0 Å². The van der Waals surface area contributed by atoms with E-state index in [1.807, 2.05) is 30.3 Å². The Morgan fingerprint density at radius 3 is 2.57 bits per heavy atom. The van der Waals surface area contributed by atoms with Gasteiger partial charge in [0.25, 0.3) is 5.56 Å². The molecule has 0 bridgehead atoms. The highest BCUT2D eigenvalue weighted by molar-refractivity contribution is 7.98. The first-order valence-corrected chi connectivity index (χ1v) is 7.39. The molecule has 0 amide bonds. The van der Waals surface area contributed by atoms with Crippen molar-refractivity contribution in [2.75, 3.05) is 0 Å². The van der Waals surface area contributed by atoms with Gasteiger partial charge in [0.2, 0.25) is 0 Å². The quantitative estimate of drug-likeness (QED) is 0.739. The summed E-state index contributed by atoms with van der Waals surface area (Å²) in [4.78, 5) is 31.4. The van der Waals surface area contributed by atoms with Crippen LogP contribution in [0.3, 0.4) is 0 Å². The summed E-state index contributed by atoms with van der Waals surface area (Å²) in [6.45, 7) is 0. The summed E-state index contributed by atoms with van der Waals surface area (Å²) in [5.41, 5.74) is -0.0254. The molecule has 2 aromatic heterocycles. The summed E-state index contributed by atoms with van der Waals surface area (Å²) >= 11 is 1.64. The lowest BCUT2D eigenvalue weighted by atomic mass is 10.4. The number of aromatic amines is 1. The maximum Gasteiger partial charge on any atom is 0.329 e. The van der Waals surface area contributed by atoms with Gasteiger partial charge in [-0.15, -0.1) is 11.8 Å². The number of aryl methyl sites for hydroxylation is 2. The van der Waals surface area contributed by atoms with Gasteiger partial charge in [-0.05, 0) is 12.1 Å². The Balaban J connectivity index is 2.03. The van der Waals surface area contributed by atoms with E-state index >= 15 is 0 Å². The summed E-state index contributed by atoms with van der Waals surface area (Å²) in [6.07, 6.45) is 0. The molecular weight excluding hydrogens is 288 g/mol. The smallest absolute Gasteiger partial charge is 0.325 e. The molecule has 1 N–H and O–H groups in total. The van der Waals surface area contributed by atoms with Crippen LogP contribution in [0.1, 0.15) is 5.82 Å². The lowest BCUT2D eigenvalue weighted by Crippen LogP contribution is -2.29. The molecule has 21 heavy (non-hydrogen) atoms. The van der Waals surface area contributed by atoms with Gasteiger partial charge in [-0.1, -0.05) is 18.2 Å². The van der Waals surface area contributed by atoms with Crippen molar-refractivity contribution in [3.8, 4) is 0 Å². The van der Waals surface area contributed by atoms with Crippen molar-refractivity contribution in [2.45, 2.75) is 10.6 Å². The van der Waals surface area contributed by atoms with Crippen molar-refractivity contribution in [1.29, 1.82) is 0 Å². The minimum atomic E-state index is -0.451. The normalized spacial score (nSPS) is 11.1. The predicted octanol–water partition coefficient (Wildman–Crippen LogP) is 1.25. The van der Waals surface area contributed by atoms with Crippen molar-refractivity contribution in [2.24, 2.45) is 14.1 Å². The third-order valence-electron chi connectivity index (χ3n) is 3.34. The van der Waals surface area contributed by atoms with Gasteiger partial charge >= 0.3 is 5.69 Å². The monoisotopic (exact) mass is 302 g/mol. The molecule has 0 atom stereocenters. The van der Waals surface area contributed by atoms with Crippen LogP contribution < -0.4 is 11.2 Å². The largest absolute Gasteiger partial charge is 0.329 e. The Kier molecular flexibility index (Phi) is 3.42. The molecule has 0 aliphatic carbocycles. The fourth-order valence-corrected chi connectivity index (χ4v) is 3.05. The highest BCUT2D eigenvalue weighted by atomic mass is 32.2. The number of thioether (sulfide) groups is 1. The number of fused-ring (bicyclic) bond motifs is 1. The van der Waals surface area contributed by atoms with Crippen molar-refractivity contribution < 1.29 is 0 Å². The Hall–Kier alpha value is -2.28. The number of hydrogen-bond acceptors (Lipinski definition) is 4. The van der Waals surface area contributed by atoms with Gasteiger partial charge in [-0.2, -0.15) is 0 Å². The van der Waals surface area contributed by atoms with Crippen LogP contribution in [-0.2, 0) is 19.8 Å². The first kappa shape index (κ1) is 13.7. The number of nitrogens with one attached hydrogen (secondary N) is 1. The van der Waals surface area contributed by atoms with Crippen LogP contribution in [0, 0.1) is 0 Å². The molecule has 0 aliphatic rings. The topological polar surface area (TPSA) is 72.7 Å². The van der Waals surface area contributed by atoms with Crippen LogP contribution in [-0.4, -0.2) is 19.1 Å². The second-order valence-corrected chi connectivity index (χ2v) is 5.73. The van der Waals surface area contributed by atoms with Gasteiger partial charge in [-0.3, -0.25) is 14.3 Å². The second kappa shape index (κ2) is 5.25. The van der Waals surface area contributed by atoms with Gasteiger partial charge in [0, 0.05) is 19.0 Å². The Morgan fingerprint density at radius 2 is 1.86 bits per heavy atom. The van der Waals surface area contributed by atoms with E-state index in [1.165, 1.54) is 4.57 Å².